The van der Waals surface area contributed by atoms with Gasteiger partial charge in [0.15, 0.2) is 0 Å². The molecule has 0 saturated carbocycles. The van der Waals surface area contributed by atoms with E-state index in [-0.39, 0.29) is 31.1 Å². The number of esters is 2. The van der Waals surface area contributed by atoms with Crippen LogP contribution in [-0.2, 0) is 35.6 Å². The van der Waals surface area contributed by atoms with Gasteiger partial charge >= 0.3 is 11.9 Å². The lowest BCUT2D eigenvalue weighted by molar-refractivity contribution is -0.144. The Bertz CT molecular complexity index is 1140. The minimum atomic E-state index is -3.90. The number of methoxy groups -OCH3 is 1. The van der Waals surface area contributed by atoms with Crippen LogP contribution in [-0.4, -0.2) is 45.0 Å². The molecule has 0 aliphatic carbocycles. The van der Waals surface area contributed by atoms with Gasteiger partial charge < -0.3 is 14.2 Å². The molecule has 1 unspecified atom stereocenters. The Kier molecular flexibility index (Phi) is 7.88. The third-order valence-corrected chi connectivity index (χ3v) is 7.10. The number of hydrogen-bond acceptors (Lipinski definition) is 7. The van der Waals surface area contributed by atoms with Crippen LogP contribution < -0.4 is 4.74 Å². The molecule has 8 nitrogen and oxygen atoms in total. The molecule has 1 aliphatic heterocycles. The molecule has 0 bridgehead atoms. The Balaban J connectivity index is 1.97. The highest BCUT2D eigenvalue weighted by molar-refractivity contribution is 7.89. The zero-order chi connectivity index (χ0) is 24.0. The summed E-state index contributed by atoms with van der Waals surface area (Å²) >= 11 is 0. The normalized spacial score (nSPS) is 17.0. The molecule has 0 fully saturated rings. The van der Waals surface area contributed by atoms with E-state index < -0.39 is 28.0 Å². The van der Waals surface area contributed by atoms with Crippen molar-refractivity contribution in [3.05, 3.63) is 65.2 Å². The maximum Gasteiger partial charge on any atom is 0.330 e. The van der Waals surface area contributed by atoms with Gasteiger partial charge in [0.1, 0.15) is 5.75 Å². The summed E-state index contributed by atoms with van der Waals surface area (Å²) in [4.78, 5) is 24.0. The molecule has 0 saturated heterocycles. The molecule has 0 amide bonds. The number of hydrogen-bond donors (Lipinski definition) is 0. The van der Waals surface area contributed by atoms with E-state index in [1.165, 1.54) is 22.5 Å². The van der Waals surface area contributed by atoms with Gasteiger partial charge in [0.05, 0.1) is 37.7 Å². The Morgan fingerprint density at radius 2 is 1.73 bits per heavy atom. The van der Waals surface area contributed by atoms with Gasteiger partial charge in [-0.25, -0.2) is 13.2 Å². The highest BCUT2D eigenvalue weighted by atomic mass is 32.2. The molecule has 1 aliphatic rings. The molecule has 0 spiro atoms. The molecular weight excluding hydrogens is 446 g/mol. The number of ether oxygens (including phenoxy) is 3. The second-order valence-corrected chi connectivity index (χ2v) is 9.16. The van der Waals surface area contributed by atoms with Crippen LogP contribution in [0, 0.1) is 0 Å². The minimum absolute atomic E-state index is 0.0824. The lowest BCUT2D eigenvalue weighted by Gasteiger charge is -2.23. The minimum Gasteiger partial charge on any atom is -0.497 e. The van der Waals surface area contributed by atoms with Gasteiger partial charge in [-0.2, -0.15) is 4.31 Å². The first-order chi connectivity index (χ1) is 15.8. The fraction of sp³-hybridized carbons (Fsp3) is 0.333. The Morgan fingerprint density at radius 1 is 1.03 bits per heavy atom. The maximum atomic E-state index is 13.5. The van der Waals surface area contributed by atoms with Gasteiger partial charge in [-0.15, -0.1) is 0 Å². The second-order valence-electron chi connectivity index (χ2n) is 7.31. The van der Waals surface area contributed by atoms with Gasteiger partial charge in [0.2, 0.25) is 10.0 Å². The van der Waals surface area contributed by atoms with Crippen molar-refractivity contribution >= 4 is 28.0 Å². The summed E-state index contributed by atoms with van der Waals surface area (Å²) in [5, 5.41) is 0. The van der Waals surface area contributed by atoms with E-state index >= 15 is 0 Å². The van der Waals surface area contributed by atoms with Crippen LogP contribution in [0.4, 0.5) is 0 Å². The molecule has 9 heteroatoms. The highest BCUT2D eigenvalue weighted by Gasteiger charge is 2.43. The molecule has 0 N–H and O–H groups in total. The van der Waals surface area contributed by atoms with Gasteiger partial charge in [-0.3, -0.25) is 4.79 Å². The molecule has 1 heterocycles. The monoisotopic (exact) mass is 473 g/mol. The predicted octanol–water partition coefficient (Wildman–Crippen LogP) is 3.47. The van der Waals surface area contributed by atoms with E-state index in [0.29, 0.717) is 16.9 Å². The summed E-state index contributed by atoms with van der Waals surface area (Å²) in [6.45, 7) is 3.95. The van der Waals surface area contributed by atoms with Crippen LogP contribution >= 0.6 is 0 Å². The summed E-state index contributed by atoms with van der Waals surface area (Å²) in [5.74, 6) is -0.328. The largest absolute Gasteiger partial charge is 0.497 e. The van der Waals surface area contributed by atoms with Gasteiger partial charge in [0, 0.05) is 12.6 Å². The topological polar surface area (TPSA) is 99.2 Å². The molecule has 2 aromatic rings. The molecule has 0 aromatic heterocycles. The van der Waals surface area contributed by atoms with Crippen LogP contribution in [0.2, 0.25) is 0 Å². The zero-order valence-electron chi connectivity index (χ0n) is 18.8. The lowest BCUT2D eigenvalue weighted by Crippen LogP contribution is -2.29. The van der Waals surface area contributed by atoms with Crippen molar-refractivity contribution < 1.29 is 32.2 Å². The van der Waals surface area contributed by atoms with Gasteiger partial charge in [-0.05, 0) is 54.8 Å². The van der Waals surface area contributed by atoms with Gasteiger partial charge in [0.25, 0.3) is 0 Å². The van der Waals surface area contributed by atoms with Crippen LogP contribution in [0.3, 0.4) is 0 Å². The molecular formula is C24H27NO7S. The van der Waals surface area contributed by atoms with E-state index in [0.717, 1.165) is 5.56 Å². The summed E-state index contributed by atoms with van der Waals surface area (Å²) in [6.07, 6.45) is 2.65. The number of carbonyl (C=O) groups is 2. The van der Waals surface area contributed by atoms with Crippen molar-refractivity contribution in [3.8, 4) is 5.75 Å². The van der Waals surface area contributed by atoms with Crippen molar-refractivity contribution in [1.29, 1.82) is 0 Å². The molecule has 3 rings (SSSR count). The van der Waals surface area contributed by atoms with Crippen molar-refractivity contribution in [2.24, 2.45) is 0 Å². The quantitative estimate of drug-likeness (QED) is 0.406. The van der Waals surface area contributed by atoms with Crippen molar-refractivity contribution in [1.82, 2.24) is 4.31 Å². The number of carbonyl (C=O) groups excluding carboxylic acids is 2. The number of sulfonamides is 1. The van der Waals surface area contributed by atoms with E-state index in [2.05, 4.69) is 0 Å². The lowest BCUT2D eigenvalue weighted by atomic mass is 10.0. The molecule has 176 valence electrons. The molecule has 2 aromatic carbocycles. The average Bonchev–Trinajstić information content (AvgIpc) is 2.99. The standard InChI is InChI=1S/C24H27NO7S/c1-4-31-23(26)13-9-17-8-12-20-21(15-24(27)32-5-2)25(33(28,29)22(20)14-17)16-18-6-10-19(30-3)11-7-18/h6-14,21H,4-5,15-16H2,1-3H3. The van der Waals surface area contributed by atoms with E-state index in [1.807, 2.05) is 0 Å². The highest BCUT2D eigenvalue weighted by Crippen LogP contribution is 2.43. The predicted molar refractivity (Wildman–Crippen MR) is 122 cm³/mol. The number of fused-ring (bicyclic) bond motifs is 1. The van der Waals surface area contributed by atoms with E-state index in [9.17, 15) is 18.0 Å². The third kappa shape index (κ3) is 5.61. The Hall–Kier alpha value is -3.17. The van der Waals surface area contributed by atoms with Gasteiger partial charge in [-0.1, -0.05) is 24.3 Å². The van der Waals surface area contributed by atoms with E-state index in [1.54, 1.807) is 57.4 Å². The maximum absolute atomic E-state index is 13.5. The summed E-state index contributed by atoms with van der Waals surface area (Å²) in [6, 6.07) is 11.3. The summed E-state index contributed by atoms with van der Waals surface area (Å²) in [7, 11) is -2.34. The van der Waals surface area contributed by atoms with Crippen molar-refractivity contribution in [2.75, 3.05) is 20.3 Å². The number of benzene rings is 2. The second kappa shape index (κ2) is 10.6. The van der Waals surface area contributed by atoms with Crippen LogP contribution in [0.25, 0.3) is 6.08 Å². The first-order valence-electron chi connectivity index (χ1n) is 10.6. The fourth-order valence-electron chi connectivity index (χ4n) is 3.65. The smallest absolute Gasteiger partial charge is 0.330 e. The average molecular weight is 474 g/mol. The first kappa shape index (κ1) is 24.5. The fourth-order valence-corrected chi connectivity index (χ4v) is 5.53. The summed E-state index contributed by atoms with van der Waals surface area (Å²) in [5.41, 5.74) is 1.81. The Morgan fingerprint density at radius 3 is 2.36 bits per heavy atom. The SMILES string of the molecule is CCOC(=O)C=Cc1ccc2c(c1)S(=O)(=O)N(Cc1ccc(OC)cc1)C2CC(=O)OCC. The first-order valence-corrected chi connectivity index (χ1v) is 12.0. The molecule has 33 heavy (non-hydrogen) atoms. The van der Waals surface area contributed by atoms with Crippen molar-refractivity contribution in [2.45, 2.75) is 37.8 Å². The van der Waals surface area contributed by atoms with Crippen LogP contribution in [0.1, 0.15) is 43.0 Å². The van der Waals surface area contributed by atoms with Crippen LogP contribution in [0.5, 0.6) is 5.75 Å². The summed E-state index contributed by atoms with van der Waals surface area (Å²) < 4.78 is 43.4. The van der Waals surface area contributed by atoms with E-state index in [4.69, 9.17) is 14.2 Å². The Labute approximate surface area is 193 Å². The number of nitrogens with zero attached hydrogens (tertiary/aromatic N) is 1. The van der Waals surface area contributed by atoms with Crippen molar-refractivity contribution in [3.63, 3.8) is 0 Å². The zero-order valence-corrected chi connectivity index (χ0v) is 19.6. The number of rotatable bonds is 9. The van der Waals surface area contributed by atoms with Crippen LogP contribution in [0.15, 0.2) is 53.4 Å². The molecule has 0 radical (unpaired) electrons. The third-order valence-electron chi connectivity index (χ3n) is 5.19. The molecule has 1 atom stereocenters.